The molecule has 3 heteroatoms. The lowest BCUT2D eigenvalue weighted by molar-refractivity contribution is -0.142. The van der Waals surface area contributed by atoms with Crippen molar-refractivity contribution in [2.24, 2.45) is 23.7 Å². The van der Waals surface area contributed by atoms with Crippen molar-refractivity contribution in [3.05, 3.63) is 0 Å². The SMILES string of the molecule is CC1CCC(C(C)C)C(NC2CCC(C(=O)O)CC2)C1. The third-order valence-corrected chi connectivity index (χ3v) is 5.55. The molecule has 0 aromatic heterocycles. The Kier molecular flexibility index (Phi) is 5.48. The summed E-state index contributed by atoms with van der Waals surface area (Å²) in [5.41, 5.74) is 0. The van der Waals surface area contributed by atoms with Gasteiger partial charge in [0.05, 0.1) is 5.92 Å². The average molecular weight is 281 g/mol. The van der Waals surface area contributed by atoms with Crippen molar-refractivity contribution in [3.63, 3.8) is 0 Å². The van der Waals surface area contributed by atoms with Crippen LogP contribution in [0.2, 0.25) is 0 Å². The molecule has 2 saturated carbocycles. The van der Waals surface area contributed by atoms with Gasteiger partial charge in [0.15, 0.2) is 0 Å². The second kappa shape index (κ2) is 6.93. The molecule has 2 rings (SSSR count). The van der Waals surface area contributed by atoms with Gasteiger partial charge in [-0.1, -0.05) is 27.2 Å². The maximum atomic E-state index is 11.0. The van der Waals surface area contributed by atoms with Crippen molar-refractivity contribution in [3.8, 4) is 0 Å². The van der Waals surface area contributed by atoms with Gasteiger partial charge in [0.2, 0.25) is 0 Å². The van der Waals surface area contributed by atoms with E-state index in [0.29, 0.717) is 12.1 Å². The summed E-state index contributed by atoms with van der Waals surface area (Å²) < 4.78 is 0. The van der Waals surface area contributed by atoms with E-state index in [9.17, 15) is 4.79 Å². The number of carbonyl (C=O) groups is 1. The van der Waals surface area contributed by atoms with E-state index in [1.165, 1.54) is 19.3 Å². The zero-order chi connectivity index (χ0) is 14.7. The minimum absolute atomic E-state index is 0.0979. The summed E-state index contributed by atoms with van der Waals surface area (Å²) in [4.78, 5) is 11.0. The Morgan fingerprint density at radius 3 is 2.30 bits per heavy atom. The predicted molar refractivity (Wildman–Crippen MR) is 81.6 cm³/mol. The van der Waals surface area contributed by atoms with E-state index >= 15 is 0 Å². The first-order chi connectivity index (χ1) is 9.47. The van der Waals surface area contributed by atoms with Crippen LogP contribution in [0.1, 0.15) is 65.7 Å². The van der Waals surface area contributed by atoms with E-state index in [-0.39, 0.29) is 5.92 Å². The number of nitrogens with one attached hydrogen (secondary N) is 1. The monoisotopic (exact) mass is 281 g/mol. The van der Waals surface area contributed by atoms with E-state index in [0.717, 1.165) is 43.4 Å². The van der Waals surface area contributed by atoms with Gasteiger partial charge >= 0.3 is 5.97 Å². The topological polar surface area (TPSA) is 49.3 Å². The molecule has 0 saturated heterocycles. The molecule has 0 aliphatic heterocycles. The lowest BCUT2D eigenvalue weighted by atomic mass is 9.73. The Morgan fingerprint density at radius 1 is 1.10 bits per heavy atom. The zero-order valence-electron chi connectivity index (χ0n) is 13.3. The molecule has 20 heavy (non-hydrogen) atoms. The minimum atomic E-state index is -0.602. The fourth-order valence-electron chi connectivity index (χ4n) is 4.20. The molecule has 0 amide bonds. The molecule has 0 aromatic rings. The highest BCUT2D eigenvalue weighted by molar-refractivity contribution is 5.70. The molecule has 116 valence electrons. The Morgan fingerprint density at radius 2 is 1.75 bits per heavy atom. The Bertz CT molecular complexity index is 321. The fourth-order valence-corrected chi connectivity index (χ4v) is 4.20. The molecule has 0 heterocycles. The van der Waals surface area contributed by atoms with E-state index in [4.69, 9.17) is 5.11 Å². The molecule has 2 aliphatic rings. The number of hydrogen-bond acceptors (Lipinski definition) is 2. The predicted octanol–water partition coefficient (Wildman–Crippen LogP) is 3.68. The summed E-state index contributed by atoms with van der Waals surface area (Å²) in [7, 11) is 0. The van der Waals surface area contributed by atoms with Gasteiger partial charge in [0, 0.05) is 12.1 Å². The first-order valence-corrected chi connectivity index (χ1v) is 8.46. The van der Waals surface area contributed by atoms with Gasteiger partial charge in [-0.25, -0.2) is 0 Å². The van der Waals surface area contributed by atoms with Gasteiger partial charge in [0.1, 0.15) is 0 Å². The molecule has 2 aliphatic carbocycles. The van der Waals surface area contributed by atoms with Crippen molar-refractivity contribution in [1.82, 2.24) is 5.32 Å². The van der Waals surface area contributed by atoms with Gasteiger partial charge < -0.3 is 10.4 Å². The van der Waals surface area contributed by atoms with Crippen LogP contribution < -0.4 is 5.32 Å². The summed E-state index contributed by atoms with van der Waals surface area (Å²) in [6, 6.07) is 1.19. The van der Waals surface area contributed by atoms with Crippen molar-refractivity contribution in [1.29, 1.82) is 0 Å². The number of aliphatic carboxylic acids is 1. The van der Waals surface area contributed by atoms with Gasteiger partial charge in [-0.2, -0.15) is 0 Å². The molecule has 0 bridgehead atoms. The highest BCUT2D eigenvalue weighted by Gasteiger charge is 2.33. The van der Waals surface area contributed by atoms with Crippen molar-refractivity contribution in [2.45, 2.75) is 77.8 Å². The molecule has 0 spiro atoms. The van der Waals surface area contributed by atoms with Crippen LogP contribution in [0, 0.1) is 23.7 Å². The van der Waals surface area contributed by atoms with Gasteiger partial charge in [-0.15, -0.1) is 0 Å². The highest BCUT2D eigenvalue weighted by Crippen LogP contribution is 2.35. The molecule has 3 unspecified atom stereocenters. The lowest BCUT2D eigenvalue weighted by Crippen LogP contribution is -2.48. The molecular weight excluding hydrogens is 250 g/mol. The maximum absolute atomic E-state index is 11.0. The smallest absolute Gasteiger partial charge is 0.306 e. The fraction of sp³-hybridized carbons (Fsp3) is 0.941. The Hall–Kier alpha value is -0.570. The quantitative estimate of drug-likeness (QED) is 0.826. The van der Waals surface area contributed by atoms with Crippen LogP contribution in [-0.2, 0) is 4.79 Å². The third-order valence-electron chi connectivity index (χ3n) is 5.55. The third kappa shape index (κ3) is 3.97. The van der Waals surface area contributed by atoms with Crippen LogP contribution >= 0.6 is 0 Å². The summed E-state index contributed by atoms with van der Waals surface area (Å²) in [5.74, 6) is 1.67. The van der Waals surface area contributed by atoms with Crippen LogP contribution in [0.15, 0.2) is 0 Å². The first-order valence-electron chi connectivity index (χ1n) is 8.46. The van der Waals surface area contributed by atoms with E-state index in [1.807, 2.05) is 0 Å². The molecule has 2 N–H and O–H groups in total. The second-order valence-corrected chi connectivity index (χ2v) is 7.49. The first kappa shape index (κ1) is 15.8. The molecule has 2 fully saturated rings. The lowest BCUT2D eigenvalue weighted by Gasteiger charge is -2.41. The standard InChI is InChI=1S/C17H31NO2/c1-11(2)15-9-4-12(3)10-16(15)18-14-7-5-13(6-8-14)17(19)20/h11-16,18H,4-10H2,1-3H3,(H,19,20). The van der Waals surface area contributed by atoms with Crippen LogP contribution in [-0.4, -0.2) is 23.2 Å². The van der Waals surface area contributed by atoms with Gasteiger partial charge in [-0.05, 0) is 56.3 Å². The number of carboxylic acid groups (broad SMARTS) is 1. The number of carboxylic acids is 1. The van der Waals surface area contributed by atoms with Crippen molar-refractivity contribution >= 4 is 5.97 Å². The molecule has 3 atom stereocenters. The van der Waals surface area contributed by atoms with Crippen molar-refractivity contribution in [2.75, 3.05) is 0 Å². The normalized spacial score (nSPS) is 38.9. The number of hydrogen-bond donors (Lipinski definition) is 2. The molecular formula is C17H31NO2. The molecule has 3 nitrogen and oxygen atoms in total. The number of rotatable bonds is 4. The maximum Gasteiger partial charge on any atom is 0.306 e. The molecule has 0 aromatic carbocycles. The summed E-state index contributed by atoms with van der Waals surface area (Å²) in [6.45, 7) is 7.06. The van der Waals surface area contributed by atoms with Crippen LogP contribution in [0.5, 0.6) is 0 Å². The Balaban J connectivity index is 1.86. The highest BCUT2D eigenvalue weighted by atomic mass is 16.4. The van der Waals surface area contributed by atoms with Crippen LogP contribution in [0.3, 0.4) is 0 Å². The zero-order valence-corrected chi connectivity index (χ0v) is 13.3. The Labute approximate surface area is 123 Å². The van der Waals surface area contributed by atoms with E-state index in [1.54, 1.807) is 0 Å². The second-order valence-electron chi connectivity index (χ2n) is 7.49. The van der Waals surface area contributed by atoms with Crippen LogP contribution in [0.25, 0.3) is 0 Å². The van der Waals surface area contributed by atoms with Gasteiger partial charge in [-0.3, -0.25) is 4.79 Å². The summed E-state index contributed by atoms with van der Waals surface area (Å²) in [5, 5.41) is 13.0. The summed E-state index contributed by atoms with van der Waals surface area (Å²) in [6.07, 6.45) is 7.78. The average Bonchev–Trinajstić information content (AvgIpc) is 2.39. The van der Waals surface area contributed by atoms with Crippen molar-refractivity contribution < 1.29 is 9.90 Å². The summed E-state index contributed by atoms with van der Waals surface area (Å²) >= 11 is 0. The van der Waals surface area contributed by atoms with E-state index in [2.05, 4.69) is 26.1 Å². The minimum Gasteiger partial charge on any atom is -0.481 e. The van der Waals surface area contributed by atoms with Crippen LogP contribution in [0.4, 0.5) is 0 Å². The van der Waals surface area contributed by atoms with Gasteiger partial charge in [0.25, 0.3) is 0 Å². The largest absolute Gasteiger partial charge is 0.481 e. The van der Waals surface area contributed by atoms with E-state index < -0.39 is 5.97 Å². The molecule has 0 radical (unpaired) electrons.